The number of rotatable bonds is 5. The zero-order valence-electron chi connectivity index (χ0n) is 16.8. The Morgan fingerprint density at radius 3 is 2.68 bits per heavy atom. The average Bonchev–Trinajstić information content (AvgIpc) is 2.80. The van der Waals surface area contributed by atoms with Crippen LogP contribution in [0.5, 0.6) is 5.75 Å². The molecular formula is C23H22BrN3O4. The molecule has 8 heteroatoms. The van der Waals surface area contributed by atoms with Gasteiger partial charge in [-0.3, -0.25) is 4.79 Å². The highest BCUT2D eigenvalue weighted by Gasteiger charge is 2.26. The summed E-state index contributed by atoms with van der Waals surface area (Å²) in [5.41, 5.74) is 2.12. The molecule has 1 saturated heterocycles. The zero-order chi connectivity index (χ0) is 21.8. The van der Waals surface area contributed by atoms with Crippen LogP contribution in [0, 0.1) is 0 Å². The molecule has 0 bridgehead atoms. The number of aromatic nitrogens is 2. The number of carbonyl (C=O) groups is 1. The van der Waals surface area contributed by atoms with Gasteiger partial charge in [-0.1, -0.05) is 42.5 Å². The number of piperidine rings is 1. The largest absolute Gasteiger partial charge is 0.488 e. The summed E-state index contributed by atoms with van der Waals surface area (Å²) >= 11 is 3.29. The smallest absolute Gasteiger partial charge is 0.407 e. The van der Waals surface area contributed by atoms with Crippen LogP contribution in [-0.2, 0) is 6.61 Å². The number of amides is 1. The molecule has 2 aromatic carbocycles. The lowest BCUT2D eigenvalue weighted by atomic mass is 10.1. The molecule has 1 fully saturated rings. The normalized spacial score (nSPS) is 16.2. The molecule has 0 radical (unpaired) electrons. The fourth-order valence-electron chi connectivity index (χ4n) is 3.78. The number of hydrogen-bond acceptors (Lipinski definition) is 4. The van der Waals surface area contributed by atoms with Crippen LogP contribution < -0.4 is 10.3 Å². The molecule has 4 rings (SSSR count). The van der Waals surface area contributed by atoms with Gasteiger partial charge >= 0.3 is 6.09 Å². The Morgan fingerprint density at radius 1 is 1.16 bits per heavy atom. The van der Waals surface area contributed by atoms with Crippen LogP contribution >= 0.6 is 15.9 Å². The number of nitrogens with zero attached hydrogens (tertiary/aromatic N) is 3. The first-order chi connectivity index (χ1) is 15.0. The molecule has 1 aromatic heterocycles. The van der Waals surface area contributed by atoms with Gasteiger partial charge in [-0.05, 0) is 46.5 Å². The lowest BCUT2D eigenvalue weighted by Gasteiger charge is -2.32. The van der Waals surface area contributed by atoms with Crippen molar-refractivity contribution in [1.29, 1.82) is 0 Å². The van der Waals surface area contributed by atoms with Gasteiger partial charge in [0.1, 0.15) is 12.4 Å². The molecule has 1 aliphatic heterocycles. The van der Waals surface area contributed by atoms with Crippen LogP contribution in [0.2, 0.25) is 0 Å². The summed E-state index contributed by atoms with van der Waals surface area (Å²) in [4.78, 5) is 30.0. The fraction of sp³-hybridized carbons (Fsp3) is 0.261. The minimum atomic E-state index is -0.967. The highest BCUT2D eigenvalue weighted by molar-refractivity contribution is 9.10. The molecule has 0 spiro atoms. The van der Waals surface area contributed by atoms with Crippen molar-refractivity contribution in [3.05, 3.63) is 81.3 Å². The monoisotopic (exact) mass is 483 g/mol. The van der Waals surface area contributed by atoms with E-state index in [1.807, 2.05) is 54.6 Å². The minimum Gasteiger partial charge on any atom is -0.488 e. The van der Waals surface area contributed by atoms with Gasteiger partial charge in [-0.25, -0.2) is 9.78 Å². The van der Waals surface area contributed by atoms with E-state index in [0.717, 1.165) is 17.5 Å². The number of halogens is 1. The number of para-hydroxylation sites is 1. The Bertz CT molecular complexity index is 1130. The number of carboxylic acid groups (broad SMARTS) is 1. The first-order valence-corrected chi connectivity index (χ1v) is 10.8. The fourth-order valence-corrected chi connectivity index (χ4v) is 4.17. The summed E-state index contributed by atoms with van der Waals surface area (Å²) in [6, 6.07) is 17.2. The molecule has 0 saturated carbocycles. The van der Waals surface area contributed by atoms with E-state index in [1.165, 1.54) is 4.90 Å². The Balaban J connectivity index is 1.66. The Morgan fingerprint density at radius 2 is 1.90 bits per heavy atom. The van der Waals surface area contributed by atoms with E-state index < -0.39 is 6.09 Å². The molecule has 160 valence electrons. The molecule has 0 aliphatic carbocycles. The van der Waals surface area contributed by atoms with Gasteiger partial charge in [0, 0.05) is 24.8 Å². The van der Waals surface area contributed by atoms with Crippen LogP contribution in [0.25, 0.3) is 11.3 Å². The third-order valence-electron chi connectivity index (χ3n) is 5.35. The van der Waals surface area contributed by atoms with Gasteiger partial charge in [0.25, 0.3) is 5.56 Å². The Hall–Kier alpha value is -3.13. The SMILES string of the molecule is O=C(O)N1CCCC(n2cc(-c3ccccc3OCc3ccccc3)nc(Br)c2=O)C1. The molecule has 31 heavy (non-hydrogen) atoms. The van der Waals surface area contributed by atoms with Gasteiger partial charge in [0.05, 0.1) is 11.7 Å². The summed E-state index contributed by atoms with van der Waals surface area (Å²) in [5, 5.41) is 9.35. The second kappa shape index (κ2) is 9.34. The average molecular weight is 484 g/mol. The van der Waals surface area contributed by atoms with Crippen molar-refractivity contribution < 1.29 is 14.6 Å². The van der Waals surface area contributed by atoms with Crippen molar-refractivity contribution in [1.82, 2.24) is 14.5 Å². The van der Waals surface area contributed by atoms with Gasteiger partial charge in [0.15, 0.2) is 4.60 Å². The molecule has 1 aliphatic rings. The third-order valence-corrected chi connectivity index (χ3v) is 5.87. The summed E-state index contributed by atoms with van der Waals surface area (Å²) in [6.07, 6.45) is 2.17. The van der Waals surface area contributed by atoms with E-state index >= 15 is 0 Å². The summed E-state index contributed by atoms with van der Waals surface area (Å²) in [7, 11) is 0. The predicted molar refractivity (Wildman–Crippen MR) is 120 cm³/mol. The molecule has 1 N–H and O–H groups in total. The first-order valence-electron chi connectivity index (χ1n) is 10.1. The quantitative estimate of drug-likeness (QED) is 0.574. The topological polar surface area (TPSA) is 84.7 Å². The van der Waals surface area contributed by atoms with E-state index in [9.17, 15) is 14.7 Å². The molecule has 1 atom stereocenters. The van der Waals surface area contributed by atoms with E-state index in [1.54, 1.807) is 10.8 Å². The molecule has 1 amide bonds. The van der Waals surface area contributed by atoms with Crippen LogP contribution in [0.15, 0.2) is 70.2 Å². The first kappa shape index (κ1) is 21.1. The molecule has 7 nitrogen and oxygen atoms in total. The van der Waals surface area contributed by atoms with Crippen molar-refractivity contribution in [3.63, 3.8) is 0 Å². The van der Waals surface area contributed by atoms with Crippen LogP contribution in [0.1, 0.15) is 24.4 Å². The van der Waals surface area contributed by atoms with Gasteiger partial charge in [0.2, 0.25) is 0 Å². The van der Waals surface area contributed by atoms with Crippen molar-refractivity contribution in [2.75, 3.05) is 13.1 Å². The van der Waals surface area contributed by atoms with Crippen LogP contribution in [0.4, 0.5) is 4.79 Å². The Labute approximate surface area is 188 Å². The van der Waals surface area contributed by atoms with E-state index in [0.29, 0.717) is 31.0 Å². The summed E-state index contributed by atoms with van der Waals surface area (Å²) in [6.45, 7) is 1.17. The van der Waals surface area contributed by atoms with Gasteiger partial charge in [-0.15, -0.1) is 0 Å². The second-order valence-corrected chi connectivity index (χ2v) is 8.18. The maximum atomic E-state index is 12.8. The molecule has 2 heterocycles. The van der Waals surface area contributed by atoms with E-state index in [-0.39, 0.29) is 22.7 Å². The van der Waals surface area contributed by atoms with Crippen molar-refractivity contribution >= 4 is 22.0 Å². The van der Waals surface area contributed by atoms with E-state index in [4.69, 9.17) is 4.74 Å². The minimum absolute atomic E-state index is 0.190. The molecular weight excluding hydrogens is 462 g/mol. The van der Waals surface area contributed by atoms with Crippen LogP contribution in [0.3, 0.4) is 0 Å². The Kier molecular flexibility index (Phi) is 6.36. The standard InChI is InChI=1S/C23H22BrN3O4/c24-21-22(28)27(17-9-6-12-26(13-17)23(29)30)14-19(25-21)18-10-4-5-11-20(18)31-15-16-7-2-1-3-8-16/h1-5,7-8,10-11,14,17H,6,9,12-13,15H2,(H,29,30). The van der Waals surface area contributed by atoms with E-state index in [2.05, 4.69) is 20.9 Å². The highest BCUT2D eigenvalue weighted by atomic mass is 79.9. The van der Waals surface area contributed by atoms with Gasteiger partial charge in [-0.2, -0.15) is 0 Å². The second-order valence-electron chi connectivity index (χ2n) is 7.42. The predicted octanol–water partition coefficient (Wildman–Crippen LogP) is 4.57. The number of hydrogen-bond donors (Lipinski definition) is 1. The zero-order valence-corrected chi connectivity index (χ0v) is 18.4. The molecule has 3 aromatic rings. The number of benzene rings is 2. The van der Waals surface area contributed by atoms with Gasteiger partial charge < -0.3 is 19.3 Å². The molecule has 1 unspecified atom stereocenters. The lowest BCUT2D eigenvalue weighted by molar-refractivity contribution is 0.121. The van der Waals surface area contributed by atoms with Crippen LogP contribution in [-0.4, -0.2) is 38.7 Å². The maximum Gasteiger partial charge on any atom is 0.407 e. The maximum absolute atomic E-state index is 12.8. The van der Waals surface area contributed by atoms with Crippen molar-refractivity contribution in [2.24, 2.45) is 0 Å². The lowest BCUT2D eigenvalue weighted by Crippen LogP contribution is -2.42. The van der Waals surface area contributed by atoms with Crippen molar-refractivity contribution in [2.45, 2.75) is 25.5 Å². The highest BCUT2D eigenvalue weighted by Crippen LogP contribution is 2.30. The number of ether oxygens (including phenoxy) is 1. The third kappa shape index (κ3) is 4.80. The van der Waals surface area contributed by atoms with Crippen molar-refractivity contribution in [3.8, 4) is 17.0 Å². The number of likely N-dealkylation sites (tertiary alicyclic amines) is 1. The summed E-state index contributed by atoms with van der Waals surface area (Å²) < 4.78 is 7.84. The summed E-state index contributed by atoms with van der Waals surface area (Å²) in [5.74, 6) is 0.659.